The highest BCUT2D eigenvalue weighted by Crippen LogP contribution is 2.26. The van der Waals surface area contributed by atoms with Gasteiger partial charge < -0.3 is 15.7 Å². The average molecular weight is 421 g/mol. The van der Waals surface area contributed by atoms with Crippen LogP contribution in [0, 0.1) is 0 Å². The van der Waals surface area contributed by atoms with Crippen LogP contribution < -0.4 is 10.6 Å². The van der Waals surface area contributed by atoms with Crippen molar-refractivity contribution in [2.45, 2.75) is 11.0 Å². The minimum Gasteiger partial charge on any atom is -0.387 e. The van der Waals surface area contributed by atoms with Crippen molar-refractivity contribution in [1.82, 2.24) is 5.32 Å². The van der Waals surface area contributed by atoms with E-state index < -0.39 is 16.1 Å². The fourth-order valence-electron chi connectivity index (χ4n) is 3.12. The first-order valence-electron chi connectivity index (χ1n) is 9.27. The Hall–Kier alpha value is -3.49. The van der Waals surface area contributed by atoms with Gasteiger partial charge in [0.2, 0.25) is 0 Å². The van der Waals surface area contributed by atoms with E-state index in [9.17, 15) is 18.3 Å². The Kier molecular flexibility index (Phi) is 5.35. The van der Waals surface area contributed by atoms with Crippen molar-refractivity contribution in [2.24, 2.45) is 4.40 Å². The first-order chi connectivity index (χ1) is 14.4. The second-order valence-electron chi connectivity index (χ2n) is 6.75. The summed E-state index contributed by atoms with van der Waals surface area (Å²) in [6, 6.07) is 22.2. The van der Waals surface area contributed by atoms with E-state index in [0.29, 0.717) is 16.8 Å². The van der Waals surface area contributed by atoms with Crippen LogP contribution in [-0.4, -0.2) is 31.8 Å². The number of fused-ring (bicyclic) bond motifs is 1. The van der Waals surface area contributed by atoms with Crippen LogP contribution in [0.2, 0.25) is 0 Å². The molecule has 0 bridgehead atoms. The molecular weight excluding hydrogens is 402 g/mol. The Labute approximate surface area is 174 Å². The quantitative estimate of drug-likeness (QED) is 0.587. The molecule has 0 spiro atoms. The van der Waals surface area contributed by atoms with Crippen molar-refractivity contribution >= 4 is 27.5 Å². The number of amidine groups is 1. The molecule has 0 radical (unpaired) electrons. The number of carbonyl (C=O) groups is 1. The largest absolute Gasteiger partial charge is 0.387 e. The number of rotatable bonds is 5. The van der Waals surface area contributed by atoms with Crippen LogP contribution in [0.5, 0.6) is 0 Å². The standard InChI is InChI=1S/C22H19N3O4S/c26-19(15-6-2-1-3-7-15)14-23-22(27)16-10-12-17(13-11-16)24-21-18-8-4-5-9-20(18)30(28,29)25-21/h1-13,19,26H,14H2,(H,23,27)(H,24,25). The number of amides is 1. The molecule has 1 amide bonds. The van der Waals surface area contributed by atoms with Gasteiger partial charge in [0.15, 0.2) is 5.84 Å². The fraction of sp³-hybridized carbons (Fsp3) is 0.0909. The van der Waals surface area contributed by atoms with Crippen molar-refractivity contribution in [2.75, 3.05) is 11.9 Å². The number of benzene rings is 3. The van der Waals surface area contributed by atoms with E-state index in [1.807, 2.05) is 18.2 Å². The molecule has 30 heavy (non-hydrogen) atoms. The van der Waals surface area contributed by atoms with Crippen molar-refractivity contribution in [1.29, 1.82) is 0 Å². The Bertz CT molecular complexity index is 1210. The third-order valence-corrected chi connectivity index (χ3v) is 6.02. The van der Waals surface area contributed by atoms with E-state index in [1.165, 1.54) is 6.07 Å². The summed E-state index contributed by atoms with van der Waals surface area (Å²) in [6.07, 6.45) is -0.793. The molecule has 0 saturated carbocycles. The lowest BCUT2D eigenvalue weighted by atomic mass is 10.1. The molecule has 3 N–H and O–H groups in total. The normalized spacial score (nSPS) is 15.0. The number of aliphatic hydroxyl groups is 1. The highest BCUT2D eigenvalue weighted by atomic mass is 32.2. The molecule has 0 fully saturated rings. The van der Waals surface area contributed by atoms with E-state index in [1.54, 1.807) is 54.6 Å². The van der Waals surface area contributed by atoms with E-state index in [-0.39, 0.29) is 23.2 Å². The zero-order valence-corrected chi connectivity index (χ0v) is 16.6. The lowest BCUT2D eigenvalue weighted by Gasteiger charge is -2.12. The molecule has 1 unspecified atom stereocenters. The SMILES string of the molecule is O=C(NCC(O)c1ccccc1)c1ccc(NC2=NS(=O)(=O)c3ccccc32)cc1. The number of nitrogens with zero attached hydrogens (tertiary/aromatic N) is 1. The number of hydrogen-bond acceptors (Lipinski definition) is 5. The monoisotopic (exact) mass is 421 g/mol. The first kappa shape index (κ1) is 19.8. The maximum Gasteiger partial charge on any atom is 0.285 e. The summed E-state index contributed by atoms with van der Waals surface area (Å²) in [6.45, 7) is 0.0916. The zero-order valence-electron chi connectivity index (χ0n) is 15.8. The molecule has 3 aromatic rings. The highest BCUT2D eigenvalue weighted by molar-refractivity contribution is 7.90. The Balaban J connectivity index is 1.41. The molecule has 1 aliphatic heterocycles. The van der Waals surface area contributed by atoms with Crippen molar-refractivity contribution in [3.05, 3.63) is 95.6 Å². The van der Waals surface area contributed by atoms with Crippen LogP contribution in [-0.2, 0) is 10.0 Å². The van der Waals surface area contributed by atoms with Gasteiger partial charge in [-0.1, -0.05) is 42.5 Å². The lowest BCUT2D eigenvalue weighted by Crippen LogP contribution is -2.28. The number of anilines is 1. The summed E-state index contributed by atoms with van der Waals surface area (Å²) in [7, 11) is -3.70. The smallest absolute Gasteiger partial charge is 0.285 e. The van der Waals surface area contributed by atoms with E-state index in [0.717, 1.165) is 5.56 Å². The average Bonchev–Trinajstić information content (AvgIpc) is 3.03. The van der Waals surface area contributed by atoms with Gasteiger partial charge >= 0.3 is 0 Å². The predicted octanol–water partition coefficient (Wildman–Crippen LogP) is 2.71. The number of aliphatic hydroxyl groups excluding tert-OH is 1. The van der Waals surface area contributed by atoms with Crippen LogP contribution in [0.3, 0.4) is 0 Å². The van der Waals surface area contributed by atoms with Gasteiger partial charge in [0.05, 0.1) is 6.10 Å². The summed E-state index contributed by atoms with van der Waals surface area (Å²) < 4.78 is 28.0. The van der Waals surface area contributed by atoms with Gasteiger partial charge in [0, 0.05) is 23.4 Å². The van der Waals surface area contributed by atoms with Crippen molar-refractivity contribution in [3.8, 4) is 0 Å². The minimum atomic E-state index is -3.70. The van der Waals surface area contributed by atoms with E-state index >= 15 is 0 Å². The number of nitrogens with one attached hydrogen (secondary N) is 2. The van der Waals surface area contributed by atoms with Crippen LogP contribution in [0.1, 0.15) is 27.6 Å². The molecule has 1 aliphatic rings. The van der Waals surface area contributed by atoms with Gasteiger partial charge in [-0.15, -0.1) is 4.40 Å². The number of sulfonamides is 1. The lowest BCUT2D eigenvalue weighted by molar-refractivity contribution is 0.0916. The van der Waals surface area contributed by atoms with Gasteiger partial charge in [0.25, 0.3) is 15.9 Å². The molecule has 3 aromatic carbocycles. The predicted molar refractivity (Wildman–Crippen MR) is 114 cm³/mol. The van der Waals surface area contributed by atoms with E-state index in [2.05, 4.69) is 15.0 Å². The molecule has 1 heterocycles. The van der Waals surface area contributed by atoms with Gasteiger partial charge in [-0.25, -0.2) is 0 Å². The second-order valence-corrected chi connectivity index (χ2v) is 8.32. The van der Waals surface area contributed by atoms with Crippen LogP contribution in [0.15, 0.2) is 88.2 Å². The Morgan fingerprint density at radius 2 is 1.60 bits per heavy atom. The van der Waals surface area contributed by atoms with Gasteiger partial charge in [-0.05, 0) is 42.0 Å². The molecule has 152 valence electrons. The minimum absolute atomic E-state index is 0.0916. The third kappa shape index (κ3) is 4.10. The molecule has 4 rings (SSSR count). The molecule has 7 nitrogen and oxygen atoms in total. The molecule has 0 aromatic heterocycles. The molecule has 0 saturated heterocycles. The third-order valence-electron chi connectivity index (χ3n) is 4.68. The van der Waals surface area contributed by atoms with Crippen LogP contribution in [0.4, 0.5) is 5.69 Å². The van der Waals surface area contributed by atoms with Gasteiger partial charge in [0.1, 0.15) is 4.90 Å². The zero-order chi connectivity index (χ0) is 21.1. The summed E-state index contributed by atoms with van der Waals surface area (Å²) >= 11 is 0. The topological polar surface area (TPSA) is 108 Å². The summed E-state index contributed by atoms with van der Waals surface area (Å²) in [5.41, 5.74) is 2.25. The first-order valence-corrected chi connectivity index (χ1v) is 10.7. The molecular formula is C22H19N3O4S. The molecule has 8 heteroatoms. The maximum absolute atomic E-state index is 12.3. The summed E-state index contributed by atoms with van der Waals surface area (Å²) in [4.78, 5) is 12.5. The molecule has 1 atom stereocenters. The number of carbonyl (C=O) groups excluding carboxylic acids is 1. The molecule has 0 aliphatic carbocycles. The second kappa shape index (κ2) is 8.10. The summed E-state index contributed by atoms with van der Waals surface area (Å²) in [5.74, 6) is -0.0727. The van der Waals surface area contributed by atoms with E-state index in [4.69, 9.17) is 0 Å². The number of hydrogen-bond donors (Lipinski definition) is 3. The Morgan fingerprint density at radius 1 is 0.933 bits per heavy atom. The van der Waals surface area contributed by atoms with Crippen molar-refractivity contribution in [3.63, 3.8) is 0 Å². The van der Waals surface area contributed by atoms with Gasteiger partial charge in [-0.3, -0.25) is 4.79 Å². The van der Waals surface area contributed by atoms with Crippen LogP contribution >= 0.6 is 0 Å². The Morgan fingerprint density at radius 3 is 2.33 bits per heavy atom. The van der Waals surface area contributed by atoms with Crippen molar-refractivity contribution < 1.29 is 18.3 Å². The fourth-order valence-corrected chi connectivity index (χ4v) is 4.30. The van der Waals surface area contributed by atoms with Crippen LogP contribution in [0.25, 0.3) is 0 Å². The summed E-state index contributed by atoms with van der Waals surface area (Å²) in [5, 5.41) is 15.8. The van der Waals surface area contributed by atoms with Gasteiger partial charge in [-0.2, -0.15) is 8.42 Å². The highest BCUT2D eigenvalue weighted by Gasteiger charge is 2.28. The maximum atomic E-state index is 12.3.